The minimum atomic E-state index is -0.371. The maximum Gasteiger partial charge on any atom is 0.224 e. The van der Waals surface area contributed by atoms with Crippen molar-refractivity contribution >= 4 is 11.7 Å². The lowest BCUT2D eigenvalue weighted by atomic mass is 9.86. The zero-order chi connectivity index (χ0) is 23.2. The van der Waals surface area contributed by atoms with Crippen LogP contribution in [-0.2, 0) is 16.1 Å². The Bertz CT molecular complexity index is 655. The highest BCUT2D eigenvalue weighted by atomic mass is 16.2. The summed E-state index contributed by atoms with van der Waals surface area (Å²) in [6, 6.07) is 9.99. The molecule has 1 aromatic rings. The molecule has 1 amide bonds. The molecule has 4 heteroatoms. The fourth-order valence-electron chi connectivity index (χ4n) is 2.65. The van der Waals surface area contributed by atoms with Crippen molar-refractivity contribution in [3.05, 3.63) is 60.8 Å². The summed E-state index contributed by atoms with van der Waals surface area (Å²) in [6.07, 6.45) is 2.90. The number of hydrogen-bond donors (Lipinski definition) is 2. The molecule has 1 atom stereocenters. The van der Waals surface area contributed by atoms with Crippen molar-refractivity contribution < 1.29 is 9.59 Å². The van der Waals surface area contributed by atoms with Gasteiger partial charge in [-0.3, -0.25) is 9.59 Å². The first-order chi connectivity index (χ1) is 13.9. The lowest BCUT2D eigenvalue weighted by Gasteiger charge is -2.20. The van der Waals surface area contributed by atoms with Gasteiger partial charge in [0.05, 0.1) is 6.54 Å². The molecule has 1 unspecified atom stereocenters. The first kappa shape index (κ1) is 27.6. The minimum absolute atomic E-state index is 0.0675. The van der Waals surface area contributed by atoms with Crippen LogP contribution in [0.5, 0.6) is 0 Å². The lowest BCUT2D eigenvalue weighted by molar-refractivity contribution is -0.130. The number of benzene rings is 1. The fourth-order valence-corrected chi connectivity index (χ4v) is 2.65. The summed E-state index contributed by atoms with van der Waals surface area (Å²) in [4.78, 5) is 24.6. The summed E-state index contributed by atoms with van der Waals surface area (Å²) in [5.41, 5.74) is 1.82. The maximum atomic E-state index is 12.4. The van der Waals surface area contributed by atoms with Crippen molar-refractivity contribution in [2.45, 2.75) is 67.3 Å². The van der Waals surface area contributed by atoms with Crippen molar-refractivity contribution in [2.24, 2.45) is 17.3 Å². The van der Waals surface area contributed by atoms with E-state index in [1.54, 1.807) is 6.08 Å². The van der Waals surface area contributed by atoms with Crippen LogP contribution in [0.25, 0.3) is 0 Å². The van der Waals surface area contributed by atoms with E-state index in [1.807, 2.05) is 51.1 Å². The molecule has 0 bridgehead atoms. The summed E-state index contributed by atoms with van der Waals surface area (Å²) < 4.78 is 0. The van der Waals surface area contributed by atoms with Gasteiger partial charge in [0.1, 0.15) is 5.78 Å². The highest BCUT2D eigenvalue weighted by Crippen LogP contribution is 2.22. The van der Waals surface area contributed by atoms with Crippen LogP contribution in [0.4, 0.5) is 0 Å². The number of carbonyl (C=O) groups excluding carboxylic acids is 2. The molecule has 0 saturated carbocycles. The minimum Gasteiger partial charge on any atom is -0.383 e. The van der Waals surface area contributed by atoms with Crippen molar-refractivity contribution in [2.75, 3.05) is 6.54 Å². The second kappa shape index (κ2) is 14.6. The quantitative estimate of drug-likeness (QED) is 0.460. The van der Waals surface area contributed by atoms with Gasteiger partial charge in [-0.15, -0.1) is 6.58 Å². The average molecular weight is 415 g/mol. The Morgan fingerprint density at radius 1 is 1.07 bits per heavy atom. The first-order valence-electron chi connectivity index (χ1n) is 10.8. The molecular weight excluding hydrogens is 372 g/mol. The molecule has 1 aromatic carbocycles. The number of allylic oxidation sites excluding steroid dienone is 1. The van der Waals surface area contributed by atoms with Crippen molar-refractivity contribution in [3.63, 3.8) is 0 Å². The molecule has 0 spiro atoms. The van der Waals surface area contributed by atoms with E-state index in [4.69, 9.17) is 0 Å². The van der Waals surface area contributed by atoms with Crippen LogP contribution in [-0.4, -0.2) is 18.2 Å². The number of ketones is 1. The van der Waals surface area contributed by atoms with E-state index >= 15 is 0 Å². The Morgan fingerprint density at radius 3 is 2.13 bits per heavy atom. The van der Waals surface area contributed by atoms with Crippen LogP contribution in [0.15, 0.2) is 55.3 Å². The Morgan fingerprint density at radius 2 is 1.63 bits per heavy atom. The molecule has 0 radical (unpaired) electrons. The number of Topliss-reactive ketones (excluding diaryl/α,β-unsaturated/α-hetero) is 1. The zero-order valence-electron chi connectivity index (χ0n) is 19.9. The van der Waals surface area contributed by atoms with Crippen LogP contribution in [0.2, 0.25) is 0 Å². The molecule has 168 valence electrons. The van der Waals surface area contributed by atoms with E-state index < -0.39 is 0 Å². The second-order valence-corrected chi connectivity index (χ2v) is 9.59. The molecule has 0 aliphatic rings. The molecular formula is C26H42N2O2. The van der Waals surface area contributed by atoms with Crippen LogP contribution in [0, 0.1) is 17.3 Å². The molecule has 30 heavy (non-hydrogen) atoms. The first-order valence-corrected chi connectivity index (χ1v) is 10.8. The topological polar surface area (TPSA) is 58.2 Å². The molecule has 0 heterocycles. The average Bonchev–Trinajstić information content (AvgIpc) is 2.63. The number of hydrogen-bond acceptors (Lipinski definition) is 3. The Labute approximate surface area is 184 Å². The standard InChI is InChI=1S/C22H32N2O2.C4H10/c1-6-10-19(13-20(25)14-22(3,4)5)21(26)24-15-17(2)23-16-18-11-8-7-9-12-18;1-4(2)3/h6-9,11-12,19,23H,1-2,10,13-16H2,3-5H3,(H,24,26);4H,1-3H3. The molecule has 0 aromatic heterocycles. The smallest absolute Gasteiger partial charge is 0.224 e. The largest absolute Gasteiger partial charge is 0.383 e. The molecule has 4 nitrogen and oxygen atoms in total. The summed E-state index contributed by atoms with van der Waals surface area (Å²) >= 11 is 0. The van der Waals surface area contributed by atoms with Crippen LogP contribution in [0.3, 0.4) is 0 Å². The van der Waals surface area contributed by atoms with Crippen LogP contribution < -0.4 is 10.6 Å². The van der Waals surface area contributed by atoms with E-state index in [1.165, 1.54) is 0 Å². The van der Waals surface area contributed by atoms with Gasteiger partial charge in [-0.05, 0) is 23.3 Å². The molecule has 0 fully saturated rings. The number of carbonyl (C=O) groups is 2. The predicted molar refractivity (Wildman–Crippen MR) is 128 cm³/mol. The third-order valence-electron chi connectivity index (χ3n) is 3.88. The van der Waals surface area contributed by atoms with Gasteiger partial charge in [0, 0.05) is 31.0 Å². The van der Waals surface area contributed by atoms with E-state index in [2.05, 4.69) is 44.6 Å². The normalized spacial score (nSPS) is 11.7. The molecule has 0 saturated heterocycles. The van der Waals surface area contributed by atoms with Crippen molar-refractivity contribution in [1.82, 2.24) is 10.6 Å². The highest BCUT2D eigenvalue weighted by molar-refractivity contribution is 5.87. The van der Waals surface area contributed by atoms with E-state index in [0.29, 0.717) is 25.9 Å². The van der Waals surface area contributed by atoms with Crippen molar-refractivity contribution in [3.8, 4) is 0 Å². The number of rotatable bonds is 11. The van der Waals surface area contributed by atoms with E-state index in [0.717, 1.165) is 17.2 Å². The van der Waals surface area contributed by atoms with E-state index in [9.17, 15) is 9.59 Å². The summed E-state index contributed by atoms with van der Waals surface area (Å²) in [5, 5.41) is 6.07. The third-order valence-corrected chi connectivity index (χ3v) is 3.88. The predicted octanol–water partition coefficient (Wildman–Crippen LogP) is 5.66. The van der Waals surface area contributed by atoms with Gasteiger partial charge in [0.15, 0.2) is 0 Å². The Balaban J connectivity index is 0.00000192. The third kappa shape index (κ3) is 15.5. The molecule has 1 rings (SSSR count). The zero-order valence-corrected chi connectivity index (χ0v) is 19.9. The number of nitrogens with one attached hydrogen (secondary N) is 2. The van der Waals surface area contributed by atoms with Gasteiger partial charge in [-0.1, -0.05) is 84.5 Å². The van der Waals surface area contributed by atoms with Crippen LogP contribution >= 0.6 is 0 Å². The van der Waals surface area contributed by atoms with Gasteiger partial charge in [-0.2, -0.15) is 0 Å². The summed E-state index contributed by atoms with van der Waals surface area (Å²) in [7, 11) is 0. The lowest BCUT2D eigenvalue weighted by Crippen LogP contribution is -2.35. The molecule has 0 aliphatic carbocycles. The van der Waals surface area contributed by atoms with Crippen LogP contribution in [0.1, 0.15) is 66.4 Å². The van der Waals surface area contributed by atoms with Gasteiger partial charge in [0.2, 0.25) is 5.91 Å². The van der Waals surface area contributed by atoms with Crippen molar-refractivity contribution in [1.29, 1.82) is 0 Å². The highest BCUT2D eigenvalue weighted by Gasteiger charge is 2.23. The van der Waals surface area contributed by atoms with E-state index in [-0.39, 0.29) is 29.4 Å². The molecule has 0 aliphatic heterocycles. The maximum absolute atomic E-state index is 12.4. The molecule has 2 N–H and O–H groups in total. The van der Waals surface area contributed by atoms with Gasteiger partial charge in [0.25, 0.3) is 0 Å². The van der Waals surface area contributed by atoms with Gasteiger partial charge in [-0.25, -0.2) is 0 Å². The van der Waals surface area contributed by atoms with Gasteiger partial charge < -0.3 is 10.6 Å². The Hall–Kier alpha value is -2.36. The SMILES string of the molecule is C=CCC(CC(=O)CC(C)(C)C)C(=O)NCC(=C)NCc1ccccc1.CC(C)C. The summed E-state index contributed by atoms with van der Waals surface area (Å²) in [6.45, 7) is 21.2. The van der Waals surface area contributed by atoms with Gasteiger partial charge >= 0.3 is 0 Å². The Kier molecular flexibility index (Phi) is 13.4. The summed E-state index contributed by atoms with van der Waals surface area (Å²) in [5.74, 6) is 0.444. The number of amides is 1. The monoisotopic (exact) mass is 414 g/mol. The fraction of sp³-hybridized carbons (Fsp3) is 0.538. The second-order valence-electron chi connectivity index (χ2n) is 9.59.